The van der Waals surface area contributed by atoms with Crippen LogP contribution in [0.4, 0.5) is 26.3 Å². The molecule has 1 N–H and O–H groups in total. The van der Waals surface area contributed by atoms with Gasteiger partial charge in [-0.2, -0.15) is 26.3 Å². The Morgan fingerprint density at radius 3 is 1.38 bits per heavy atom. The smallest absolute Gasteiger partial charge is 0.372 e. The van der Waals surface area contributed by atoms with Gasteiger partial charge in [0.2, 0.25) is 0 Å². The molecule has 0 radical (unpaired) electrons. The topological polar surface area (TPSA) is 32.8 Å². The predicted molar refractivity (Wildman–Crippen MR) is 26.8 cm³/mol. The van der Waals surface area contributed by atoms with Crippen molar-refractivity contribution in [1.29, 1.82) is 0 Å². The summed E-state index contributed by atoms with van der Waals surface area (Å²) < 4.78 is 74.9. The molecule has 0 aromatic carbocycles. The highest BCUT2D eigenvalue weighted by Crippen LogP contribution is 2.49. The number of aliphatic hydroxyl groups is 1. The molecular formula is C5H4F6O2. The lowest BCUT2D eigenvalue weighted by Gasteiger charge is -2.30. The first-order valence-corrected chi connectivity index (χ1v) is 3.08. The quantitative estimate of drug-likeness (QED) is 0.521. The van der Waals surface area contributed by atoms with E-state index < -0.39 is 30.7 Å². The molecule has 0 unspecified atom stereocenters. The van der Waals surface area contributed by atoms with Gasteiger partial charge < -0.3 is 9.84 Å². The summed E-state index contributed by atoms with van der Waals surface area (Å²) in [5.41, 5.74) is -4.74. The van der Waals surface area contributed by atoms with Crippen LogP contribution in [-0.4, -0.2) is 35.8 Å². The van der Waals surface area contributed by atoms with Gasteiger partial charge in [0.15, 0.2) is 0 Å². The molecule has 1 aliphatic heterocycles. The fourth-order valence-corrected chi connectivity index (χ4v) is 0.815. The van der Waals surface area contributed by atoms with E-state index in [0.717, 1.165) is 0 Å². The first-order valence-electron chi connectivity index (χ1n) is 3.08. The van der Waals surface area contributed by atoms with Gasteiger partial charge >= 0.3 is 12.4 Å². The second kappa shape index (κ2) is 2.50. The Kier molecular flexibility index (Phi) is 2.04. The molecule has 0 saturated carbocycles. The maximum absolute atomic E-state index is 11.8. The highest BCUT2D eigenvalue weighted by molar-refractivity contribution is 5.05. The Bertz CT molecular complexity index is 188. The number of halogens is 6. The van der Waals surface area contributed by atoms with Crippen LogP contribution in [0.2, 0.25) is 0 Å². The lowest BCUT2D eigenvalue weighted by atomic mass is 9.99. The second-order valence-electron chi connectivity index (χ2n) is 2.58. The molecule has 0 bridgehead atoms. The Labute approximate surface area is 68.1 Å². The molecule has 0 spiro atoms. The van der Waals surface area contributed by atoms with Crippen LogP contribution in [-0.2, 0) is 4.74 Å². The summed E-state index contributed by atoms with van der Waals surface area (Å²) in [6.07, 6.45) is -13.8. The van der Waals surface area contributed by atoms with Gasteiger partial charge in [-0.25, -0.2) is 0 Å². The van der Waals surface area contributed by atoms with Gasteiger partial charge in [-0.1, -0.05) is 0 Å². The van der Waals surface area contributed by atoms with E-state index in [0.29, 0.717) is 0 Å². The third-order valence-electron chi connectivity index (χ3n) is 1.66. The summed E-state index contributed by atoms with van der Waals surface area (Å²) in [6, 6.07) is 0. The summed E-state index contributed by atoms with van der Waals surface area (Å²) in [5, 5.41) is 8.45. The van der Waals surface area contributed by atoms with Gasteiger partial charge in [-0.05, 0) is 0 Å². The first kappa shape index (κ1) is 10.6. The molecule has 2 nitrogen and oxygen atoms in total. The summed E-state index contributed by atoms with van der Waals surface area (Å²) in [4.78, 5) is 0. The Hall–Kier alpha value is -0.500. The lowest BCUT2D eigenvalue weighted by molar-refractivity contribution is -0.372. The summed E-state index contributed by atoms with van der Waals surface area (Å²) in [7, 11) is 0. The van der Waals surface area contributed by atoms with Crippen molar-refractivity contribution in [2.75, 3.05) is 6.61 Å². The molecule has 1 saturated heterocycles. The minimum Gasteiger partial charge on any atom is -0.372 e. The van der Waals surface area contributed by atoms with Crippen molar-refractivity contribution in [3.63, 3.8) is 0 Å². The van der Waals surface area contributed by atoms with E-state index in [1.54, 1.807) is 0 Å². The normalized spacial score (nSPS) is 24.7. The van der Waals surface area contributed by atoms with Crippen molar-refractivity contribution in [2.24, 2.45) is 0 Å². The van der Waals surface area contributed by atoms with Crippen molar-refractivity contribution in [3.05, 3.63) is 0 Å². The van der Waals surface area contributed by atoms with E-state index >= 15 is 0 Å². The Morgan fingerprint density at radius 2 is 1.31 bits per heavy atom. The fourth-order valence-electron chi connectivity index (χ4n) is 0.815. The van der Waals surface area contributed by atoms with Gasteiger partial charge in [-0.3, -0.25) is 0 Å². The standard InChI is InChI=1S/C5H4F6O2/c6-4(7,8)3(12,2-1-13-2)5(9,10)11/h2,12H,1H2/t2-/m0/s1. The zero-order valence-corrected chi connectivity index (χ0v) is 5.91. The van der Waals surface area contributed by atoms with Crippen LogP contribution in [0.15, 0.2) is 0 Å². The third kappa shape index (κ3) is 1.48. The van der Waals surface area contributed by atoms with Gasteiger partial charge in [0, 0.05) is 0 Å². The molecule has 1 heterocycles. The largest absolute Gasteiger partial charge is 0.429 e. The van der Waals surface area contributed by atoms with Crippen LogP contribution in [0, 0.1) is 0 Å². The van der Waals surface area contributed by atoms with Crippen molar-refractivity contribution in [2.45, 2.75) is 24.1 Å². The van der Waals surface area contributed by atoms with Gasteiger partial charge in [0.1, 0.15) is 6.10 Å². The number of epoxide rings is 1. The van der Waals surface area contributed by atoms with E-state index in [1.165, 1.54) is 0 Å². The summed E-state index contributed by atoms with van der Waals surface area (Å²) >= 11 is 0. The van der Waals surface area contributed by atoms with Crippen molar-refractivity contribution in [3.8, 4) is 0 Å². The number of ether oxygens (including phenoxy) is 1. The molecule has 0 aromatic heterocycles. The molecule has 1 rings (SSSR count). The van der Waals surface area contributed by atoms with Crippen molar-refractivity contribution >= 4 is 0 Å². The predicted octanol–water partition coefficient (Wildman–Crippen LogP) is 1.24. The van der Waals surface area contributed by atoms with Gasteiger partial charge in [-0.15, -0.1) is 0 Å². The first-order chi connectivity index (χ1) is 5.61. The Morgan fingerprint density at radius 1 is 1.00 bits per heavy atom. The maximum atomic E-state index is 11.8. The SMILES string of the molecule is OC([C@@H]1CO1)(C(F)(F)F)C(F)(F)F. The number of hydrogen-bond donors (Lipinski definition) is 1. The molecular weight excluding hydrogens is 206 g/mol. The van der Waals surface area contributed by atoms with E-state index in [2.05, 4.69) is 4.74 Å². The number of hydrogen-bond acceptors (Lipinski definition) is 2. The highest BCUT2D eigenvalue weighted by atomic mass is 19.4. The maximum Gasteiger partial charge on any atom is 0.429 e. The van der Waals surface area contributed by atoms with Gasteiger partial charge in [0.25, 0.3) is 5.60 Å². The summed E-state index contributed by atoms with van der Waals surface area (Å²) in [5.74, 6) is 0. The zero-order chi connectivity index (χ0) is 10.5. The van der Waals surface area contributed by atoms with E-state index in [1.807, 2.05) is 0 Å². The second-order valence-corrected chi connectivity index (χ2v) is 2.58. The number of rotatable bonds is 1. The molecule has 1 fully saturated rings. The van der Waals surface area contributed by atoms with Crippen LogP contribution in [0.5, 0.6) is 0 Å². The molecule has 1 atom stereocenters. The van der Waals surface area contributed by atoms with E-state index in [4.69, 9.17) is 5.11 Å². The molecule has 0 amide bonds. The van der Waals surface area contributed by atoms with Crippen molar-refractivity contribution < 1.29 is 36.2 Å². The van der Waals surface area contributed by atoms with Crippen LogP contribution in [0.3, 0.4) is 0 Å². The minimum absolute atomic E-state index is 0.741. The van der Waals surface area contributed by atoms with Crippen LogP contribution in [0.25, 0.3) is 0 Å². The average Bonchev–Trinajstić information content (AvgIpc) is 2.60. The van der Waals surface area contributed by atoms with Gasteiger partial charge in [0.05, 0.1) is 6.61 Å². The van der Waals surface area contributed by atoms with Crippen LogP contribution in [0.1, 0.15) is 0 Å². The lowest BCUT2D eigenvalue weighted by Crippen LogP contribution is -2.60. The molecule has 0 aromatic rings. The van der Waals surface area contributed by atoms with Crippen LogP contribution < -0.4 is 0 Å². The molecule has 8 heteroatoms. The average molecular weight is 210 g/mol. The molecule has 1 aliphatic rings. The monoisotopic (exact) mass is 210 g/mol. The third-order valence-corrected chi connectivity index (χ3v) is 1.66. The zero-order valence-electron chi connectivity index (χ0n) is 5.91. The van der Waals surface area contributed by atoms with Crippen LogP contribution >= 0.6 is 0 Å². The van der Waals surface area contributed by atoms with E-state index in [-0.39, 0.29) is 0 Å². The summed E-state index contributed by atoms with van der Waals surface area (Å²) in [6.45, 7) is -0.741. The Balaban J connectivity index is 3.01. The fraction of sp³-hybridized carbons (Fsp3) is 1.00. The highest BCUT2D eigenvalue weighted by Gasteiger charge is 2.77. The van der Waals surface area contributed by atoms with E-state index in [9.17, 15) is 26.3 Å². The molecule has 13 heavy (non-hydrogen) atoms. The molecule has 78 valence electrons. The number of alkyl halides is 6. The minimum atomic E-state index is -5.77. The molecule has 0 aliphatic carbocycles. The van der Waals surface area contributed by atoms with Crippen molar-refractivity contribution in [1.82, 2.24) is 0 Å².